The quantitative estimate of drug-likeness (QED) is 0.885. The lowest BCUT2D eigenvalue weighted by molar-refractivity contribution is 0.0477. The molecular weight excluding hydrogens is 236 g/mol. The predicted molar refractivity (Wildman–Crippen MR) is 79.5 cm³/mol. The van der Waals surface area contributed by atoms with Gasteiger partial charge in [0.05, 0.1) is 13.2 Å². The number of methoxy groups -OCH3 is 1. The largest absolute Gasteiger partial charge is 0.496 e. The first-order valence-corrected chi connectivity index (χ1v) is 6.75. The lowest BCUT2D eigenvalue weighted by Gasteiger charge is -2.30. The zero-order chi connectivity index (χ0) is 14.0. The molecule has 2 aromatic carbocycles. The molecule has 0 bridgehead atoms. The molecular formula is C17H22O2. The van der Waals surface area contributed by atoms with Crippen molar-refractivity contribution < 1.29 is 9.84 Å². The van der Waals surface area contributed by atoms with Gasteiger partial charge in [-0.3, -0.25) is 0 Å². The highest BCUT2D eigenvalue weighted by molar-refractivity contribution is 5.91. The van der Waals surface area contributed by atoms with Crippen LogP contribution in [0.2, 0.25) is 0 Å². The fraction of sp³-hybridized carbons (Fsp3) is 0.412. The van der Waals surface area contributed by atoms with Crippen LogP contribution in [0, 0.1) is 5.41 Å². The Labute approximate surface area is 115 Å². The fourth-order valence-corrected chi connectivity index (χ4v) is 2.33. The van der Waals surface area contributed by atoms with Gasteiger partial charge in [-0.15, -0.1) is 0 Å². The van der Waals surface area contributed by atoms with E-state index in [1.54, 1.807) is 7.11 Å². The maximum Gasteiger partial charge on any atom is 0.126 e. The summed E-state index contributed by atoms with van der Waals surface area (Å²) in [4.78, 5) is 0. The Hall–Kier alpha value is -1.54. The second kappa shape index (κ2) is 5.22. The zero-order valence-electron chi connectivity index (χ0n) is 12.1. The van der Waals surface area contributed by atoms with Crippen molar-refractivity contribution in [2.45, 2.75) is 33.3 Å². The van der Waals surface area contributed by atoms with Crippen molar-refractivity contribution in [2.75, 3.05) is 7.11 Å². The number of aliphatic hydroxyl groups is 1. The molecule has 2 rings (SSSR count). The van der Waals surface area contributed by atoms with Crippen LogP contribution in [-0.2, 0) is 0 Å². The molecule has 0 fully saturated rings. The molecule has 19 heavy (non-hydrogen) atoms. The van der Waals surface area contributed by atoms with Crippen LogP contribution < -0.4 is 4.74 Å². The van der Waals surface area contributed by atoms with Gasteiger partial charge < -0.3 is 9.84 Å². The highest BCUT2D eigenvalue weighted by Gasteiger charge is 2.28. The number of rotatable bonds is 4. The Morgan fingerprint density at radius 3 is 2.32 bits per heavy atom. The van der Waals surface area contributed by atoms with E-state index >= 15 is 0 Å². The van der Waals surface area contributed by atoms with Gasteiger partial charge in [-0.2, -0.15) is 0 Å². The predicted octanol–water partition coefficient (Wildman–Crippen LogP) is 4.32. The molecule has 102 valence electrons. The second-order valence-electron chi connectivity index (χ2n) is 5.65. The van der Waals surface area contributed by atoms with Crippen molar-refractivity contribution in [2.24, 2.45) is 5.41 Å². The molecule has 2 heteroatoms. The molecule has 2 aromatic rings. The van der Waals surface area contributed by atoms with Crippen LogP contribution in [0.15, 0.2) is 36.4 Å². The van der Waals surface area contributed by atoms with Gasteiger partial charge in [0, 0.05) is 5.39 Å². The smallest absolute Gasteiger partial charge is 0.126 e. The average molecular weight is 258 g/mol. The van der Waals surface area contributed by atoms with Crippen LogP contribution in [0.5, 0.6) is 5.75 Å². The molecule has 0 saturated carbocycles. The van der Waals surface area contributed by atoms with Gasteiger partial charge in [0.2, 0.25) is 0 Å². The van der Waals surface area contributed by atoms with Gasteiger partial charge in [-0.05, 0) is 28.9 Å². The summed E-state index contributed by atoms with van der Waals surface area (Å²) in [6.07, 6.45) is 0.447. The standard InChI is InChI=1S/C17H22O2/c1-5-17(2,3)16(18)14-10-11-15(19-4)13-9-7-6-8-12(13)14/h6-11,16,18H,5H2,1-4H3. The molecule has 0 amide bonds. The first kappa shape index (κ1) is 13.9. The zero-order valence-corrected chi connectivity index (χ0v) is 12.1. The molecule has 0 aliphatic heterocycles. The fourth-order valence-electron chi connectivity index (χ4n) is 2.33. The molecule has 1 atom stereocenters. The Balaban J connectivity index is 2.63. The minimum atomic E-state index is -0.478. The van der Waals surface area contributed by atoms with Gasteiger partial charge >= 0.3 is 0 Å². The van der Waals surface area contributed by atoms with Crippen molar-refractivity contribution in [3.05, 3.63) is 42.0 Å². The molecule has 0 heterocycles. The summed E-state index contributed by atoms with van der Waals surface area (Å²) in [6.45, 7) is 6.29. The summed E-state index contributed by atoms with van der Waals surface area (Å²) in [6, 6.07) is 12.0. The number of hydrogen-bond acceptors (Lipinski definition) is 2. The van der Waals surface area contributed by atoms with E-state index in [0.29, 0.717) is 0 Å². The topological polar surface area (TPSA) is 29.5 Å². The van der Waals surface area contributed by atoms with Crippen molar-refractivity contribution in [3.8, 4) is 5.75 Å². The second-order valence-corrected chi connectivity index (χ2v) is 5.65. The number of fused-ring (bicyclic) bond motifs is 1. The molecule has 0 saturated heterocycles. The molecule has 1 N–H and O–H groups in total. The van der Waals surface area contributed by atoms with Crippen molar-refractivity contribution in [1.29, 1.82) is 0 Å². The van der Waals surface area contributed by atoms with E-state index in [1.165, 1.54) is 0 Å². The minimum absolute atomic E-state index is 0.142. The Morgan fingerprint density at radius 2 is 1.74 bits per heavy atom. The van der Waals surface area contributed by atoms with E-state index in [9.17, 15) is 5.11 Å². The summed E-state index contributed by atoms with van der Waals surface area (Å²) in [5.74, 6) is 0.848. The Bertz CT molecular complexity index is 572. The van der Waals surface area contributed by atoms with Gasteiger partial charge in [-0.25, -0.2) is 0 Å². The summed E-state index contributed by atoms with van der Waals surface area (Å²) < 4.78 is 5.39. The number of hydrogen-bond donors (Lipinski definition) is 1. The van der Waals surface area contributed by atoms with E-state index < -0.39 is 6.10 Å². The molecule has 1 unspecified atom stereocenters. The van der Waals surface area contributed by atoms with Crippen molar-refractivity contribution >= 4 is 10.8 Å². The van der Waals surface area contributed by atoms with Crippen molar-refractivity contribution in [1.82, 2.24) is 0 Å². The van der Waals surface area contributed by atoms with Crippen LogP contribution in [0.25, 0.3) is 10.8 Å². The third-order valence-corrected chi connectivity index (χ3v) is 4.08. The summed E-state index contributed by atoms with van der Waals surface area (Å²) in [7, 11) is 1.67. The Morgan fingerprint density at radius 1 is 1.11 bits per heavy atom. The normalized spacial score (nSPS) is 13.5. The first-order chi connectivity index (χ1) is 9.01. The van der Waals surface area contributed by atoms with Gasteiger partial charge in [-0.1, -0.05) is 51.1 Å². The third-order valence-electron chi connectivity index (χ3n) is 4.08. The van der Waals surface area contributed by atoms with Crippen molar-refractivity contribution in [3.63, 3.8) is 0 Å². The third kappa shape index (κ3) is 2.45. The maximum atomic E-state index is 10.7. The average Bonchev–Trinajstić information content (AvgIpc) is 2.45. The minimum Gasteiger partial charge on any atom is -0.496 e. The molecule has 0 aliphatic carbocycles. The van der Waals surface area contributed by atoms with E-state index in [1.807, 2.05) is 36.4 Å². The van der Waals surface area contributed by atoms with Gasteiger partial charge in [0.15, 0.2) is 0 Å². The number of benzene rings is 2. The lowest BCUT2D eigenvalue weighted by atomic mass is 9.79. The monoisotopic (exact) mass is 258 g/mol. The number of ether oxygens (including phenoxy) is 1. The van der Waals surface area contributed by atoms with Crippen LogP contribution in [0.1, 0.15) is 38.9 Å². The molecule has 0 radical (unpaired) electrons. The summed E-state index contributed by atoms with van der Waals surface area (Å²) >= 11 is 0. The molecule has 0 aliphatic rings. The van der Waals surface area contributed by atoms with E-state index in [-0.39, 0.29) is 5.41 Å². The molecule has 0 aromatic heterocycles. The SMILES string of the molecule is CCC(C)(C)C(O)c1ccc(OC)c2ccccc12. The van der Waals surface area contributed by atoms with E-state index in [2.05, 4.69) is 20.8 Å². The van der Waals surface area contributed by atoms with Crippen LogP contribution in [0.4, 0.5) is 0 Å². The lowest BCUT2D eigenvalue weighted by Crippen LogP contribution is -2.21. The molecule has 2 nitrogen and oxygen atoms in total. The van der Waals surface area contributed by atoms with Gasteiger partial charge in [0.1, 0.15) is 5.75 Å². The van der Waals surface area contributed by atoms with E-state index in [4.69, 9.17) is 4.74 Å². The highest BCUT2D eigenvalue weighted by Crippen LogP contribution is 2.40. The maximum absolute atomic E-state index is 10.7. The Kier molecular flexibility index (Phi) is 3.81. The summed E-state index contributed by atoms with van der Waals surface area (Å²) in [5.41, 5.74) is 0.834. The van der Waals surface area contributed by atoms with Crippen LogP contribution in [-0.4, -0.2) is 12.2 Å². The highest BCUT2D eigenvalue weighted by atomic mass is 16.5. The van der Waals surface area contributed by atoms with Gasteiger partial charge in [0.25, 0.3) is 0 Å². The first-order valence-electron chi connectivity index (χ1n) is 6.75. The summed E-state index contributed by atoms with van der Waals surface area (Å²) in [5, 5.41) is 12.8. The van der Waals surface area contributed by atoms with E-state index in [0.717, 1.165) is 28.5 Å². The number of aliphatic hydroxyl groups excluding tert-OH is 1. The molecule has 0 spiro atoms. The van der Waals surface area contributed by atoms with Crippen LogP contribution in [0.3, 0.4) is 0 Å². The van der Waals surface area contributed by atoms with Crippen LogP contribution >= 0.6 is 0 Å².